The lowest BCUT2D eigenvalue weighted by atomic mass is 10.0. The van der Waals surface area contributed by atoms with E-state index >= 15 is 0 Å². The maximum absolute atomic E-state index is 12.8. The molecule has 0 spiro atoms. The number of nitrogens with two attached hydrogens (primary N) is 1. The maximum Gasteiger partial charge on any atom is 0.320 e. The molecule has 0 heterocycles. The molecule has 0 aliphatic carbocycles. The summed E-state index contributed by atoms with van der Waals surface area (Å²) in [5.41, 5.74) is 3.83. The molecule has 3 nitrogen and oxygen atoms in total. The topological polar surface area (TPSA) is 63.3 Å². The van der Waals surface area contributed by atoms with E-state index in [9.17, 15) is 9.18 Å². The Bertz CT molecular complexity index is 142. The van der Waals surface area contributed by atoms with Crippen molar-refractivity contribution in [3.8, 4) is 0 Å². The van der Waals surface area contributed by atoms with Gasteiger partial charge in [-0.2, -0.15) is 0 Å². The monoisotopic (exact) mass is 162 g/mol. The molecule has 0 unspecified atom stereocenters. The van der Waals surface area contributed by atoms with Gasteiger partial charge >= 0.3 is 5.97 Å². The molecule has 1 atom stereocenters. The molecule has 0 radical (unpaired) electrons. The van der Waals surface area contributed by atoms with Gasteiger partial charge in [-0.3, -0.25) is 4.79 Å². The fourth-order valence-corrected chi connectivity index (χ4v) is 0.622. The Labute approximate surface area is 65.4 Å². The quantitative estimate of drug-likeness (QED) is 0.646. The SMILES string of the molecule is CC(C)([18F])CC[C@@H](N)C(=O)O. The summed E-state index contributed by atoms with van der Waals surface area (Å²) in [5.74, 6) is -1.07. The van der Waals surface area contributed by atoms with Crippen molar-refractivity contribution in [2.75, 3.05) is 0 Å². The lowest BCUT2D eigenvalue weighted by Gasteiger charge is -2.14. The van der Waals surface area contributed by atoms with E-state index in [0.717, 1.165) is 0 Å². The van der Waals surface area contributed by atoms with Crippen LogP contribution in [0.1, 0.15) is 26.7 Å². The summed E-state index contributed by atoms with van der Waals surface area (Å²) in [5, 5.41) is 8.33. The summed E-state index contributed by atoms with van der Waals surface area (Å²) in [4.78, 5) is 10.2. The highest BCUT2D eigenvalue weighted by Crippen LogP contribution is 2.16. The summed E-state index contributed by atoms with van der Waals surface area (Å²) >= 11 is 0. The Balaban J connectivity index is 3.63. The molecule has 66 valence electrons. The number of carboxylic acids is 1. The zero-order valence-electron chi connectivity index (χ0n) is 6.80. The van der Waals surface area contributed by atoms with E-state index in [0.29, 0.717) is 0 Å². The van der Waals surface area contributed by atoms with Crippen molar-refractivity contribution in [2.45, 2.75) is 38.4 Å². The number of carboxylic acid groups (broad SMARTS) is 1. The van der Waals surface area contributed by atoms with E-state index in [2.05, 4.69) is 0 Å². The third-order valence-corrected chi connectivity index (χ3v) is 1.37. The molecule has 0 aromatic rings. The molecule has 0 saturated heterocycles. The highest BCUT2D eigenvalue weighted by atomic mass is 18.2. The Morgan fingerprint density at radius 2 is 2.18 bits per heavy atom. The average molecular weight is 162 g/mol. The molecular weight excluding hydrogens is 148 g/mol. The minimum atomic E-state index is -1.33. The van der Waals surface area contributed by atoms with Gasteiger partial charge in [-0.15, -0.1) is 0 Å². The summed E-state index contributed by atoms with van der Waals surface area (Å²) in [6.07, 6.45) is 0.360. The Morgan fingerprint density at radius 3 is 2.45 bits per heavy atom. The van der Waals surface area contributed by atoms with Gasteiger partial charge in [-0.1, -0.05) is 0 Å². The molecule has 0 saturated carbocycles. The van der Waals surface area contributed by atoms with Gasteiger partial charge in [-0.25, -0.2) is 4.39 Å². The van der Waals surface area contributed by atoms with E-state index in [4.69, 9.17) is 10.8 Å². The van der Waals surface area contributed by atoms with Crippen molar-refractivity contribution in [1.29, 1.82) is 0 Å². The summed E-state index contributed by atoms with van der Waals surface area (Å²) in [6, 6.07) is -0.940. The van der Waals surface area contributed by atoms with Crippen molar-refractivity contribution in [3.05, 3.63) is 0 Å². The van der Waals surface area contributed by atoms with Crippen LogP contribution in [0.5, 0.6) is 0 Å². The highest BCUT2D eigenvalue weighted by molar-refractivity contribution is 5.72. The van der Waals surface area contributed by atoms with Gasteiger partial charge in [0.05, 0.1) is 0 Å². The van der Waals surface area contributed by atoms with Crippen molar-refractivity contribution in [2.24, 2.45) is 5.73 Å². The molecule has 0 aliphatic rings. The van der Waals surface area contributed by atoms with E-state index in [1.807, 2.05) is 0 Å². The second kappa shape index (κ2) is 3.67. The molecule has 4 heteroatoms. The third-order valence-electron chi connectivity index (χ3n) is 1.37. The standard InChI is InChI=1S/C7H14FNO2/c1-7(2,8)4-3-5(9)6(10)11/h5H,3-4,9H2,1-2H3,(H,10,11)/t5-/m1/s1/i8-1. The predicted molar refractivity (Wildman–Crippen MR) is 40.0 cm³/mol. The molecule has 0 aromatic heterocycles. The first-order valence-electron chi connectivity index (χ1n) is 3.50. The van der Waals surface area contributed by atoms with E-state index < -0.39 is 17.7 Å². The molecule has 0 amide bonds. The van der Waals surface area contributed by atoms with E-state index in [-0.39, 0.29) is 12.8 Å². The van der Waals surface area contributed by atoms with Crippen molar-refractivity contribution in [1.82, 2.24) is 0 Å². The fourth-order valence-electron chi connectivity index (χ4n) is 0.622. The zero-order valence-corrected chi connectivity index (χ0v) is 6.80. The number of carbonyl (C=O) groups is 1. The molecule has 0 aromatic carbocycles. The Kier molecular flexibility index (Phi) is 3.45. The van der Waals surface area contributed by atoms with Gasteiger partial charge in [0.25, 0.3) is 0 Å². The minimum Gasteiger partial charge on any atom is -0.480 e. The molecule has 0 fully saturated rings. The number of hydrogen-bond acceptors (Lipinski definition) is 2. The second-order valence-electron chi connectivity index (χ2n) is 3.20. The lowest BCUT2D eigenvalue weighted by molar-refractivity contribution is -0.138. The Morgan fingerprint density at radius 1 is 1.73 bits per heavy atom. The first-order chi connectivity index (χ1) is 4.83. The van der Waals surface area contributed by atoms with E-state index in [1.54, 1.807) is 0 Å². The van der Waals surface area contributed by atoms with Gasteiger partial charge < -0.3 is 10.8 Å². The van der Waals surface area contributed by atoms with Crippen LogP contribution < -0.4 is 5.73 Å². The number of hydrogen-bond donors (Lipinski definition) is 2. The number of alkyl halides is 1. The largest absolute Gasteiger partial charge is 0.480 e. The molecule has 0 rings (SSSR count). The van der Waals surface area contributed by atoms with Crippen LogP contribution in [0.3, 0.4) is 0 Å². The highest BCUT2D eigenvalue weighted by Gasteiger charge is 2.19. The van der Waals surface area contributed by atoms with Crippen LogP contribution in [0, 0.1) is 0 Å². The van der Waals surface area contributed by atoms with Crippen LogP contribution in [0.4, 0.5) is 4.39 Å². The third kappa shape index (κ3) is 5.79. The van der Waals surface area contributed by atoms with Crippen LogP contribution in [0.2, 0.25) is 0 Å². The maximum atomic E-state index is 12.8. The van der Waals surface area contributed by atoms with Crippen LogP contribution in [0.25, 0.3) is 0 Å². The first-order valence-corrected chi connectivity index (χ1v) is 3.50. The molecule has 3 N–H and O–H groups in total. The van der Waals surface area contributed by atoms with Crippen molar-refractivity contribution >= 4 is 5.97 Å². The normalized spacial score (nSPS) is 14.5. The molecular formula is C7H14FNO2. The Hall–Kier alpha value is -0.640. The van der Waals surface area contributed by atoms with Gasteiger partial charge in [0.2, 0.25) is 0 Å². The van der Waals surface area contributed by atoms with E-state index in [1.165, 1.54) is 13.8 Å². The summed E-state index contributed by atoms with van der Waals surface area (Å²) in [7, 11) is 0. The smallest absolute Gasteiger partial charge is 0.320 e. The van der Waals surface area contributed by atoms with Crippen LogP contribution >= 0.6 is 0 Å². The minimum absolute atomic E-state index is 0.179. The number of aliphatic carboxylic acids is 1. The summed E-state index contributed by atoms with van der Waals surface area (Å²) < 4.78 is 12.8. The summed E-state index contributed by atoms with van der Waals surface area (Å²) in [6.45, 7) is 2.81. The average Bonchev–Trinajstić information content (AvgIpc) is 1.80. The molecule has 0 aliphatic heterocycles. The van der Waals surface area contributed by atoms with Gasteiger partial charge in [0, 0.05) is 0 Å². The van der Waals surface area contributed by atoms with Crippen LogP contribution in [0.15, 0.2) is 0 Å². The fraction of sp³-hybridized carbons (Fsp3) is 0.857. The molecule has 11 heavy (non-hydrogen) atoms. The number of rotatable bonds is 4. The second-order valence-corrected chi connectivity index (χ2v) is 3.20. The molecule has 0 bridgehead atoms. The first kappa shape index (κ1) is 10.4. The predicted octanol–water partition coefficient (Wildman–Crippen LogP) is 0.927. The lowest BCUT2D eigenvalue weighted by Crippen LogP contribution is -2.31. The van der Waals surface area contributed by atoms with Gasteiger partial charge in [0.1, 0.15) is 11.7 Å². The zero-order chi connectivity index (χ0) is 9.07. The number of halogens is 1. The van der Waals surface area contributed by atoms with Crippen LogP contribution in [-0.4, -0.2) is 22.8 Å². The van der Waals surface area contributed by atoms with Crippen molar-refractivity contribution in [3.63, 3.8) is 0 Å². The van der Waals surface area contributed by atoms with Crippen molar-refractivity contribution < 1.29 is 14.3 Å². The van der Waals surface area contributed by atoms with Crippen LogP contribution in [-0.2, 0) is 4.79 Å². The van der Waals surface area contributed by atoms with Gasteiger partial charge in [-0.05, 0) is 26.7 Å². The van der Waals surface area contributed by atoms with Gasteiger partial charge in [0.15, 0.2) is 0 Å².